The molecule has 2 aromatic carbocycles. The third-order valence-electron chi connectivity index (χ3n) is 4.63. The Morgan fingerprint density at radius 1 is 0.964 bits per heavy atom. The number of aryl methyl sites for hydroxylation is 4. The van der Waals surface area contributed by atoms with Gasteiger partial charge in [-0.05, 0) is 74.7 Å². The van der Waals surface area contributed by atoms with Crippen molar-refractivity contribution in [2.45, 2.75) is 38.5 Å². The lowest BCUT2D eigenvalue weighted by Crippen LogP contribution is -2.18. The number of nitrogens with one attached hydrogen (secondary N) is 1. The lowest BCUT2D eigenvalue weighted by molar-refractivity contribution is -0.142. The molecule has 0 saturated carbocycles. The summed E-state index contributed by atoms with van der Waals surface area (Å²) in [5.41, 5.74) is 4.37. The molecule has 0 spiro atoms. The van der Waals surface area contributed by atoms with Crippen LogP contribution in [0.25, 0.3) is 0 Å². The van der Waals surface area contributed by atoms with Gasteiger partial charge in [0.2, 0.25) is 15.8 Å². The molecule has 7 heteroatoms. The predicted molar refractivity (Wildman–Crippen MR) is 107 cm³/mol. The molecule has 28 heavy (non-hydrogen) atoms. The number of hydrogen-bond acceptors (Lipinski definition) is 5. The minimum Gasteiger partial charge on any atom is -0.457 e. The number of carbonyl (C=O) groups excluding carboxylic acids is 2. The van der Waals surface area contributed by atoms with Crippen LogP contribution in [0.3, 0.4) is 0 Å². The lowest BCUT2D eigenvalue weighted by Gasteiger charge is -2.10. The number of ether oxygens (including phenoxy) is 1. The molecule has 0 aliphatic heterocycles. The van der Waals surface area contributed by atoms with E-state index in [1.165, 1.54) is 19.2 Å². The van der Waals surface area contributed by atoms with E-state index in [2.05, 4.69) is 4.72 Å². The third-order valence-corrected chi connectivity index (χ3v) is 6.06. The molecule has 0 aliphatic rings. The number of sulfonamides is 1. The van der Waals surface area contributed by atoms with Crippen LogP contribution >= 0.6 is 0 Å². The molecule has 0 aliphatic carbocycles. The van der Waals surface area contributed by atoms with Gasteiger partial charge in [-0.15, -0.1) is 0 Å². The maximum Gasteiger partial charge on any atom is 0.306 e. The molecule has 0 saturated heterocycles. The molecule has 2 rings (SSSR count). The van der Waals surface area contributed by atoms with E-state index in [1.54, 1.807) is 12.1 Å². The summed E-state index contributed by atoms with van der Waals surface area (Å²) in [5, 5.41) is 0. The second-order valence-corrected chi connectivity index (χ2v) is 8.57. The van der Waals surface area contributed by atoms with Gasteiger partial charge in [-0.1, -0.05) is 18.2 Å². The smallest absolute Gasteiger partial charge is 0.306 e. The van der Waals surface area contributed by atoms with Crippen molar-refractivity contribution in [1.29, 1.82) is 0 Å². The standard InChI is InChI=1S/C21H25NO5S/c1-14-11-16(3)19(12-15(14)2)20(23)13-27-21(24)10-7-17-5-8-18(9-6-17)28(25,26)22-4/h5-6,8-9,11-12,22H,7,10,13H2,1-4H3. The highest BCUT2D eigenvalue weighted by Crippen LogP contribution is 2.16. The van der Waals surface area contributed by atoms with E-state index >= 15 is 0 Å². The zero-order valence-corrected chi connectivity index (χ0v) is 17.4. The first kappa shape index (κ1) is 21.8. The number of carbonyl (C=O) groups is 2. The molecule has 0 aromatic heterocycles. The number of Topliss-reactive ketones (excluding diaryl/α,β-unsaturated/α-hetero) is 1. The molecule has 0 amide bonds. The summed E-state index contributed by atoms with van der Waals surface area (Å²) in [5.74, 6) is -0.697. The Morgan fingerprint density at radius 2 is 1.57 bits per heavy atom. The zero-order chi connectivity index (χ0) is 20.9. The van der Waals surface area contributed by atoms with Gasteiger partial charge in [-0.25, -0.2) is 13.1 Å². The highest BCUT2D eigenvalue weighted by Gasteiger charge is 2.14. The Bertz CT molecular complexity index is 979. The second kappa shape index (κ2) is 9.12. The molecule has 0 radical (unpaired) electrons. The Balaban J connectivity index is 1.88. The average molecular weight is 404 g/mol. The maximum absolute atomic E-state index is 12.3. The minimum atomic E-state index is -3.48. The number of ketones is 1. The van der Waals surface area contributed by atoms with Crippen molar-refractivity contribution < 1.29 is 22.7 Å². The first-order valence-corrected chi connectivity index (χ1v) is 10.4. The molecule has 0 fully saturated rings. The van der Waals surface area contributed by atoms with Crippen LogP contribution in [0.1, 0.15) is 39.0 Å². The van der Waals surface area contributed by atoms with Gasteiger partial charge in [-0.3, -0.25) is 9.59 Å². The first-order valence-electron chi connectivity index (χ1n) is 8.93. The predicted octanol–water partition coefficient (Wildman–Crippen LogP) is 2.88. The van der Waals surface area contributed by atoms with Crippen LogP contribution in [0.15, 0.2) is 41.3 Å². The minimum absolute atomic E-state index is 0.108. The van der Waals surface area contributed by atoms with Crippen LogP contribution in [-0.4, -0.2) is 33.8 Å². The fraction of sp³-hybridized carbons (Fsp3) is 0.333. The summed E-state index contributed by atoms with van der Waals surface area (Å²) in [6.07, 6.45) is 0.507. The van der Waals surface area contributed by atoms with Gasteiger partial charge in [-0.2, -0.15) is 0 Å². The monoisotopic (exact) mass is 403 g/mol. The molecule has 0 bridgehead atoms. The first-order chi connectivity index (χ1) is 13.1. The van der Waals surface area contributed by atoms with E-state index in [4.69, 9.17) is 4.74 Å². The summed E-state index contributed by atoms with van der Waals surface area (Å²) in [4.78, 5) is 24.4. The van der Waals surface area contributed by atoms with Crippen LogP contribution < -0.4 is 4.72 Å². The van der Waals surface area contributed by atoms with Crippen molar-refractivity contribution in [3.63, 3.8) is 0 Å². The Labute approximate surface area is 166 Å². The molecular weight excluding hydrogens is 378 g/mol. The summed E-state index contributed by atoms with van der Waals surface area (Å²) in [6.45, 7) is 5.49. The lowest BCUT2D eigenvalue weighted by atomic mass is 9.98. The van der Waals surface area contributed by atoms with Crippen LogP contribution in [-0.2, 0) is 26.0 Å². The fourth-order valence-electron chi connectivity index (χ4n) is 2.76. The summed E-state index contributed by atoms with van der Waals surface area (Å²) in [6, 6.07) is 10.0. The van der Waals surface area contributed by atoms with Gasteiger partial charge in [0, 0.05) is 12.0 Å². The second-order valence-electron chi connectivity index (χ2n) is 6.69. The molecule has 2 aromatic rings. The van der Waals surface area contributed by atoms with Gasteiger partial charge in [0.15, 0.2) is 6.61 Å². The highest BCUT2D eigenvalue weighted by molar-refractivity contribution is 7.89. The maximum atomic E-state index is 12.3. The molecule has 0 atom stereocenters. The van der Waals surface area contributed by atoms with Gasteiger partial charge in [0.1, 0.15) is 0 Å². The SMILES string of the molecule is CNS(=O)(=O)c1ccc(CCC(=O)OCC(=O)c2cc(C)c(C)cc2C)cc1. The largest absolute Gasteiger partial charge is 0.457 e. The Morgan fingerprint density at radius 3 is 2.18 bits per heavy atom. The molecule has 6 nitrogen and oxygen atoms in total. The van der Waals surface area contributed by atoms with Gasteiger partial charge in [0.25, 0.3) is 0 Å². The van der Waals surface area contributed by atoms with Gasteiger partial charge < -0.3 is 4.74 Å². The van der Waals surface area contributed by atoms with Gasteiger partial charge in [0.05, 0.1) is 4.90 Å². The number of esters is 1. The van der Waals surface area contributed by atoms with E-state index < -0.39 is 16.0 Å². The van der Waals surface area contributed by atoms with Crippen LogP contribution in [0.2, 0.25) is 0 Å². The van der Waals surface area contributed by atoms with E-state index in [-0.39, 0.29) is 23.7 Å². The summed E-state index contributed by atoms with van der Waals surface area (Å²) >= 11 is 0. The quantitative estimate of drug-likeness (QED) is 0.541. The van der Waals surface area contributed by atoms with Crippen molar-refractivity contribution in [1.82, 2.24) is 4.72 Å². The van der Waals surface area contributed by atoms with Crippen molar-refractivity contribution in [2.24, 2.45) is 0 Å². The third kappa shape index (κ3) is 5.50. The van der Waals surface area contributed by atoms with Crippen LogP contribution in [0, 0.1) is 20.8 Å². The number of benzene rings is 2. The van der Waals surface area contributed by atoms with Crippen molar-refractivity contribution in [3.05, 3.63) is 64.2 Å². The zero-order valence-electron chi connectivity index (χ0n) is 16.5. The summed E-state index contributed by atoms with van der Waals surface area (Å²) < 4.78 is 30.7. The average Bonchev–Trinajstić information content (AvgIpc) is 2.67. The number of hydrogen-bond donors (Lipinski definition) is 1. The Kier molecular flexibility index (Phi) is 7.10. The van der Waals surface area contributed by atoms with E-state index in [9.17, 15) is 18.0 Å². The molecule has 0 heterocycles. The van der Waals surface area contributed by atoms with E-state index in [0.717, 1.165) is 22.3 Å². The molecule has 0 unspecified atom stereocenters. The van der Waals surface area contributed by atoms with E-state index in [0.29, 0.717) is 12.0 Å². The number of rotatable bonds is 8. The van der Waals surface area contributed by atoms with Crippen molar-refractivity contribution in [2.75, 3.05) is 13.7 Å². The van der Waals surface area contributed by atoms with Crippen molar-refractivity contribution in [3.8, 4) is 0 Å². The van der Waals surface area contributed by atoms with Crippen molar-refractivity contribution >= 4 is 21.8 Å². The molecular formula is C21H25NO5S. The van der Waals surface area contributed by atoms with Crippen LogP contribution in [0.5, 0.6) is 0 Å². The Hall–Kier alpha value is -2.51. The highest BCUT2D eigenvalue weighted by atomic mass is 32.2. The molecule has 150 valence electrons. The normalized spacial score (nSPS) is 11.3. The van der Waals surface area contributed by atoms with Crippen LogP contribution in [0.4, 0.5) is 0 Å². The van der Waals surface area contributed by atoms with Gasteiger partial charge >= 0.3 is 5.97 Å². The fourth-order valence-corrected chi connectivity index (χ4v) is 3.49. The molecule has 1 N–H and O–H groups in total. The van der Waals surface area contributed by atoms with E-state index in [1.807, 2.05) is 32.9 Å². The topological polar surface area (TPSA) is 89.5 Å². The summed E-state index contributed by atoms with van der Waals surface area (Å²) in [7, 11) is -2.13.